The fourth-order valence-electron chi connectivity index (χ4n) is 3.42. The number of quaternary nitrogens is 1. The summed E-state index contributed by atoms with van der Waals surface area (Å²) < 4.78 is 0. The van der Waals surface area contributed by atoms with Gasteiger partial charge in [0.2, 0.25) is 5.91 Å². The van der Waals surface area contributed by atoms with Crippen molar-refractivity contribution in [3.63, 3.8) is 0 Å². The third-order valence-electron chi connectivity index (χ3n) is 4.98. The molecule has 3 amide bonds. The Hall–Kier alpha value is -3.19. The number of carbonyl (C=O) groups is 3. The molecule has 0 bridgehead atoms. The third kappa shape index (κ3) is 5.17. The number of para-hydroxylation sites is 2. The lowest BCUT2D eigenvalue weighted by atomic mass is 9.96. The molecular formula is C21H25N4O3+. The first-order valence-corrected chi connectivity index (χ1v) is 9.41. The van der Waals surface area contributed by atoms with Crippen LogP contribution < -0.4 is 21.3 Å². The van der Waals surface area contributed by atoms with Gasteiger partial charge in [0, 0.05) is 24.4 Å². The van der Waals surface area contributed by atoms with Gasteiger partial charge in [-0.1, -0.05) is 30.3 Å². The van der Waals surface area contributed by atoms with Crippen LogP contribution in [0.5, 0.6) is 0 Å². The van der Waals surface area contributed by atoms with Gasteiger partial charge in [0.05, 0.1) is 24.3 Å². The molecule has 7 heteroatoms. The van der Waals surface area contributed by atoms with E-state index < -0.39 is 0 Å². The number of benzene rings is 2. The van der Waals surface area contributed by atoms with Crippen molar-refractivity contribution in [2.75, 3.05) is 30.3 Å². The van der Waals surface area contributed by atoms with E-state index in [1.807, 2.05) is 18.2 Å². The minimum Gasteiger partial charge on any atom is -0.369 e. The average Bonchev–Trinajstić information content (AvgIpc) is 2.69. The van der Waals surface area contributed by atoms with Crippen molar-refractivity contribution < 1.29 is 19.3 Å². The number of primary amides is 1. The van der Waals surface area contributed by atoms with Gasteiger partial charge in [-0.15, -0.1) is 0 Å². The summed E-state index contributed by atoms with van der Waals surface area (Å²) in [6, 6.07) is 16.1. The van der Waals surface area contributed by atoms with Crippen LogP contribution in [-0.4, -0.2) is 37.4 Å². The Bertz CT molecular complexity index is 846. The van der Waals surface area contributed by atoms with Crippen LogP contribution in [0.4, 0.5) is 11.4 Å². The van der Waals surface area contributed by atoms with E-state index in [2.05, 4.69) is 10.6 Å². The third-order valence-corrected chi connectivity index (χ3v) is 4.98. The van der Waals surface area contributed by atoms with Gasteiger partial charge in [0.15, 0.2) is 6.54 Å². The summed E-state index contributed by atoms with van der Waals surface area (Å²) in [7, 11) is 0. The molecule has 1 fully saturated rings. The molecule has 1 aliphatic heterocycles. The minimum absolute atomic E-state index is 0.0887. The predicted octanol–water partition coefficient (Wildman–Crippen LogP) is 0.658. The molecule has 2 aromatic rings. The van der Waals surface area contributed by atoms with E-state index in [4.69, 9.17) is 5.73 Å². The molecule has 1 heterocycles. The van der Waals surface area contributed by atoms with Gasteiger partial charge in [-0.05, 0) is 24.3 Å². The molecule has 146 valence electrons. The second kappa shape index (κ2) is 9.14. The molecule has 28 heavy (non-hydrogen) atoms. The minimum atomic E-state index is -0.281. The number of rotatable bonds is 6. The maximum Gasteiger partial charge on any atom is 0.279 e. The SMILES string of the molecule is NC(=O)C1CC[NH+](CC(=O)Nc2ccccc2C(=O)Nc2ccccc2)CC1. The van der Waals surface area contributed by atoms with E-state index in [0.29, 0.717) is 36.3 Å². The maximum atomic E-state index is 12.6. The Kier molecular flexibility index (Phi) is 6.39. The summed E-state index contributed by atoms with van der Waals surface area (Å²) in [5.41, 5.74) is 6.92. The number of piperidine rings is 1. The molecule has 0 unspecified atom stereocenters. The largest absolute Gasteiger partial charge is 0.369 e. The smallest absolute Gasteiger partial charge is 0.279 e. The molecule has 0 spiro atoms. The van der Waals surface area contributed by atoms with Crippen LogP contribution in [0.3, 0.4) is 0 Å². The lowest BCUT2D eigenvalue weighted by Crippen LogP contribution is -3.14. The fraction of sp³-hybridized carbons (Fsp3) is 0.286. The monoisotopic (exact) mass is 381 g/mol. The molecule has 2 aromatic carbocycles. The summed E-state index contributed by atoms with van der Waals surface area (Å²) >= 11 is 0. The Morgan fingerprint density at radius 3 is 2.25 bits per heavy atom. The normalized spacial score (nSPS) is 18.9. The standard InChI is InChI=1S/C21H24N4O3/c22-20(27)15-10-12-25(13-11-15)14-19(26)24-18-9-5-4-8-17(18)21(28)23-16-6-2-1-3-7-16/h1-9,15H,10-14H2,(H2,22,27)(H,23,28)(H,24,26)/p+1. The quantitative estimate of drug-likeness (QED) is 0.591. The second-order valence-electron chi connectivity index (χ2n) is 7.02. The molecule has 3 rings (SSSR count). The molecule has 0 radical (unpaired) electrons. The van der Waals surface area contributed by atoms with Gasteiger partial charge in [0.25, 0.3) is 11.8 Å². The van der Waals surface area contributed by atoms with Crippen LogP contribution in [0, 0.1) is 5.92 Å². The number of hydrogen-bond acceptors (Lipinski definition) is 3. The van der Waals surface area contributed by atoms with Gasteiger partial charge in [0.1, 0.15) is 0 Å². The number of nitrogens with one attached hydrogen (secondary N) is 3. The Morgan fingerprint density at radius 2 is 1.57 bits per heavy atom. The summed E-state index contributed by atoms with van der Waals surface area (Å²) in [6.45, 7) is 1.76. The topological polar surface area (TPSA) is 106 Å². The number of hydrogen-bond donors (Lipinski definition) is 4. The first-order valence-electron chi connectivity index (χ1n) is 9.41. The predicted molar refractivity (Wildman–Crippen MR) is 107 cm³/mol. The zero-order valence-electron chi connectivity index (χ0n) is 15.6. The molecule has 0 aliphatic carbocycles. The lowest BCUT2D eigenvalue weighted by Gasteiger charge is -2.27. The van der Waals surface area contributed by atoms with Crippen molar-refractivity contribution in [1.82, 2.24) is 0 Å². The summed E-state index contributed by atoms with van der Waals surface area (Å²) in [5, 5.41) is 5.68. The Balaban J connectivity index is 1.59. The molecule has 0 aromatic heterocycles. The number of nitrogens with two attached hydrogens (primary N) is 1. The van der Waals surface area contributed by atoms with Crippen molar-refractivity contribution >= 4 is 29.1 Å². The second-order valence-corrected chi connectivity index (χ2v) is 7.02. The van der Waals surface area contributed by atoms with Crippen LogP contribution in [0.1, 0.15) is 23.2 Å². The summed E-state index contributed by atoms with van der Waals surface area (Å²) in [5.74, 6) is -0.791. The lowest BCUT2D eigenvalue weighted by molar-refractivity contribution is -0.897. The molecular weight excluding hydrogens is 356 g/mol. The zero-order valence-corrected chi connectivity index (χ0v) is 15.6. The van der Waals surface area contributed by atoms with E-state index in [9.17, 15) is 14.4 Å². The molecule has 5 N–H and O–H groups in total. The van der Waals surface area contributed by atoms with Crippen LogP contribution in [0.25, 0.3) is 0 Å². The number of amides is 3. The van der Waals surface area contributed by atoms with Gasteiger partial charge < -0.3 is 21.3 Å². The highest BCUT2D eigenvalue weighted by molar-refractivity contribution is 6.10. The van der Waals surface area contributed by atoms with E-state index in [1.54, 1.807) is 36.4 Å². The summed E-state index contributed by atoms with van der Waals surface area (Å²) in [4.78, 5) is 37.4. The molecule has 1 aliphatic rings. The summed E-state index contributed by atoms with van der Waals surface area (Å²) in [6.07, 6.45) is 1.40. The molecule has 0 atom stereocenters. The van der Waals surface area contributed by atoms with E-state index in [1.165, 1.54) is 0 Å². The van der Waals surface area contributed by atoms with Crippen LogP contribution >= 0.6 is 0 Å². The van der Waals surface area contributed by atoms with Crippen molar-refractivity contribution in [3.05, 3.63) is 60.2 Å². The number of likely N-dealkylation sites (tertiary alicyclic amines) is 1. The zero-order chi connectivity index (χ0) is 19.9. The number of carbonyl (C=O) groups excluding carboxylic acids is 3. The van der Waals surface area contributed by atoms with Gasteiger partial charge in [-0.25, -0.2) is 0 Å². The van der Waals surface area contributed by atoms with Gasteiger partial charge >= 0.3 is 0 Å². The van der Waals surface area contributed by atoms with Crippen molar-refractivity contribution in [2.45, 2.75) is 12.8 Å². The highest BCUT2D eigenvalue weighted by atomic mass is 16.2. The van der Waals surface area contributed by atoms with E-state index in [0.717, 1.165) is 18.0 Å². The highest BCUT2D eigenvalue weighted by Gasteiger charge is 2.27. The maximum absolute atomic E-state index is 12.6. The van der Waals surface area contributed by atoms with E-state index >= 15 is 0 Å². The van der Waals surface area contributed by atoms with Gasteiger partial charge in [-0.3, -0.25) is 14.4 Å². The Morgan fingerprint density at radius 1 is 0.929 bits per heavy atom. The molecule has 7 nitrogen and oxygen atoms in total. The van der Waals surface area contributed by atoms with Crippen molar-refractivity contribution in [2.24, 2.45) is 11.7 Å². The molecule has 1 saturated heterocycles. The first kappa shape index (κ1) is 19.6. The molecule has 0 saturated carbocycles. The van der Waals surface area contributed by atoms with Crippen LogP contribution in [-0.2, 0) is 9.59 Å². The van der Waals surface area contributed by atoms with Gasteiger partial charge in [-0.2, -0.15) is 0 Å². The van der Waals surface area contributed by atoms with Crippen LogP contribution in [0.15, 0.2) is 54.6 Å². The number of anilines is 2. The average molecular weight is 381 g/mol. The fourth-order valence-corrected chi connectivity index (χ4v) is 3.42. The highest BCUT2D eigenvalue weighted by Crippen LogP contribution is 2.17. The van der Waals surface area contributed by atoms with Crippen molar-refractivity contribution in [3.8, 4) is 0 Å². The van der Waals surface area contributed by atoms with E-state index in [-0.39, 0.29) is 23.6 Å². The van der Waals surface area contributed by atoms with Crippen molar-refractivity contribution in [1.29, 1.82) is 0 Å². The van der Waals surface area contributed by atoms with Crippen LogP contribution in [0.2, 0.25) is 0 Å². The Labute approximate surface area is 163 Å². The first-order chi connectivity index (χ1) is 13.5.